The average molecular weight is 174 g/mol. The van der Waals surface area contributed by atoms with Gasteiger partial charge in [0.2, 0.25) is 0 Å². The van der Waals surface area contributed by atoms with Crippen molar-refractivity contribution >= 4 is 28.6 Å². The fourth-order valence-corrected chi connectivity index (χ4v) is 1.62. The molecular weight excluding hydrogens is 166 g/mol. The van der Waals surface area contributed by atoms with Gasteiger partial charge in [-0.25, -0.2) is 0 Å². The predicted octanol–water partition coefficient (Wildman–Crippen LogP) is 2.59. The molecule has 0 aromatic carbocycles. The molecule has 1 N–H and O–H groups in total. The molecule has 0 aliphatic heterocycles. The molecule has 1 aromatic heterocycles. The van der Waals surface area contributed by atoms with Gasteiger partial charge in [-0.1, -0.05) is 18.2 Å². The van der Waals surface area contributed by atoms with E-state index < -0.39 is 0 Å². The van der Waals surface area contributed by atoms with Crippen LogP contribution in [-0.2, 0) is 0 Å². The van der Waals surface area contributed by atoms with Crippen molar-refractivity contribution in [1.82, 2.24) is 5.32 Å². The zero-order valence-electron chi connectivity index (χ0n) is 5.65. The van der Waals surface area contributed by atoms with Gasteiger partial charge in [-0.15, -0.1) is 11.3 Å². The number of thiophene rings is 1. The first-order valence-electron chi connectivity index (χ1n) is 2.86. The van der Waals surface area contributed by atoms with Crippen LogP contribution in [0.5, 0.6) is 0 Å². The standard InChI is InChI=1S/C7H8ClNS/c1-5(9-2)6-3-4-7(8)10-6/h3-4,9H,1H2,2H3. The van der Waals surface area contributed by atoms with Crippen LogP contribution in [0.15, 0.2) is 18.7 Å². The summed E-state index contributed by atoms with van der Waals surface area (Å²) < 4.78 is 0.798. The van der Waals surface area contributed by atoms with E-state index in [1.807, 2.05) is 19.2 Å². The number of hydrogen-bond acceptors (Lipinski definition) is 2. The van der Waals surface area contributed by atoms with Crippen molar-refractivity contribution in [2.75, 3.05) is 7.05 Å². The number of hydrogen-bond donors (Lipinski definition) is 1. The summed E-state index contributed by atoms with van der Waals surface area (Å²) in [5.74, 6) is 0. The van der Waals surface area contributed by atoms with Crippen molar-refractivity contribution in [1.29, 1.82) is 0 Å². The van der Waals surface area contributed by atoms with Crippen LogP contribution in [0.1, 0.15) is 4.88 Å². The van der Waals surface area contributed by atoms with Crippen LogP contribution in [-0.4, -0.2) is 7.05 Å². The van der Waals surface area contributed by atoms with E-state index in [4.69, 9.17) is 11.6 Å². The summed E-state index contributed by atoms with van der Waals surface area (Å²) in [4.78, 5) is 1.09. The van der Waals surface area contributed by atoms with Crippen molar-refractivity contribution in [3.8, 4) is 0 Å². The zero-order chi connectivity index (χ0) is 7.56. The minimum Gasteiger partial charge on any atom is -0.387 e. The Morgan fingerprint density at radius 2 is 2.40 bits per heavy atom. The lowest BCUT2D eigenvalue weighted by Crippen LogP contribution is -2.00. The lowest BCUT2D eigenvalue weighted by Gasteiger charge is -1.97. The third-order valence-corrected chi connectivity index (χ3v) is 2.46. The van der Waals surface area contributed by atoms with Crippen molar-refractivity contribution in [3.63, 3.8) is 0 Å². The van der Waals surface area contributed by atoms with Crippen LogP contribution in [0.2, 0.25) is 4.34 Å². The molecule has 10 heavy (non-hydrogen) atoms. The van der Waals surface area contributed by atoms with E-state index >= 15 is 0 Å². The molecule has 0 amide bonds. The zero-order valence-corrected chi connectivity index (χ0v) is 7.22. The molecular formula is C7H8ClNS. The van der Waals surface area contributed by atoms with Crippen LogP contribution in [0, 0.1) is 0 Å². The van der Waals surface area contributed by atoms with Gasteiger partial charge in [0.15, 0.2) is 0 Å². The molecule has 0 spiro atoms. The highest BCUT2D eigenvalue weighted by Gasteiger charge is 1.98. The van der Waals surface area contributed by atoms with Gasteiger partial charge in [-0.2, -0.15) is 0 Å². The summed E-state index contributed by atoms with van der Waals surface area (Å²) >= 11 is 7.23. The molecule has 0 fully saturated rings. The van der Waals surface area contributed by atoms with E-state index in [9.17, 15) is 0 Å². The Hall–Kier alpha value is -0.470. The fourth-order valence-electron chi connectivity index (χ4n) is 0.600. The Balaban J connectivity index is 2.85. The lowest BCUT2D eigenvalue weighted by atomic mass is 10.4. The monoisotopic (exact) mass is 173 g/mol. The van der Waals surface area contributed by atoms with Gasteiger partial charge < -0.3 is 5.32 Å². The van der Waals surface area contributed by atoms with E-state index in [0.717, 1.165) is 14.9 Å². The summed E-state index contributed by atoms with van der Waals surface area (Å²) in [5, 5.41) is 2.95. The minimum atomic E-state index is 0.798. The first-order valence-corrected chi connectivity index (χ1v) is 4.06. The van der Waals surface area contributed by atoms with E-state index in [0.29, 0.717) is 0 Å². The van der Waals surface area contributed by atoms with E-state index in [-0.39, 0.29) is 0 Å². The molecule has 0 bridgehead atoms. The highest BCUT2D eigenvalue weighted by atomic mass is 35.5. The Bertz CT molecular complexity index is 242. The SMILES string of the molecule is C=C(NC)c1ccc(Cl)s1. The summed E-state index contributed by atoms with van der Waals surface area (Å²) in [6.07, 6.45) is 0. The van der Waals surface area contributed by atoms with Crippen LogP contribution in [0.4, 0.5) is 0 Å². The van der Waals surface area contributed by atoms with E-state index in [1.165, 1.54) is 11.3 Å². The maximum Gasteiger partial charge on any atom is 0.0935 e. The molecule has 0 atom stereocenters. The Morgan fingerprint density at radius 1 is 1.70 bits per heavy atom. The number of nitrogens with one attached hydrogen (secondary N) is 1. The summed E-state index contributed by atoms with van der Waals surface area (Å²) in [5.41, 5.74) is 0.914. The molecule has 0 aliphatic carbocycles. The fraction of sp³-hybridized carbons (Fsp3) is 0.143. The first-order chi connectivity index (χ1) is 4.74. The van der Waals surface area contributed by atoms with Gasteiger partial charge in [0.25, 0.3) is 0 Å². The third kappa shape index (κ3) is 1.52. The Kier molecular flexibility index (Phi) is 2.35. The highest BCUT2D eigenvalue weighted by Crippen LogP contribution is 2.24. The summed E-state index contributed by atoms with van der Waals surface area (Å²) in [6, 6.07) is 3.82. The third-order valence-electron chi connectivity index (χ3n) is 1.17. The van der Waals surface area contributed by atoms with Crippen LogP contribution >= 0.6 is 22.9 Å². The first kappa shape index (κ1) is 7.63. The molecule has 0 unspecified atom stereocenters. The Morgan fingerprint density at radius 3 is 2.80 bits per heavy atom. The van der Waals surface area contributed by atoms with Gasteiger partial charge in [-0.3, -0.25) is 0 Å². The second-order valence-corrected chi connectivity index (χ2v) is 3.55. The molecule has 54 valence electrons. The molecule has 3 heteroatoms. The molecule has 0 saturated heterocycles. The maximum absolute atomic E-state index is 5.71. The van der Waals surface area contributed by atoms with Crippen molar-refractivity contribution in [2.45, 2.75) is 0 Å². The summed E-state index contributed by atoms with van der Waals surface area (Å²) in [7, 11) is 1.84. The Labute approximate surface area is 69.3 Å². The normalized spacial score (nSPS) is 9.40. The van der Waals surface area contributed by atoms with Crippen molar-refractivity contribution < 1.29 is 0 Å². The number of halogens is 1. The quantitative estimate of drug-likeness (QED) is 0.725. The minimum absolute atomic E-state index is 0.798. The molecule has 0 aliphatic rings. The van der Waals surface area contributed by atoms with E-state index in [2.05, 4.69) is 11.9 Å². The highest BCUT2D eigenvalue weighted by molar-refractivity contribution is 7.17. The van der Waals surface area contributed by atoms with Gasteiger partial charge in [-0.05, 0) is 12.1 Å². The van der Waals surface area contributed by atoms with Gasteiger partial charge in [0.1, 0.15) is 0 Å². The van der Waals surface area contributed by atoms with Crippen molar-refractivity contribution in [3.05, 3.63) is 27.9 Å². The molecule has 1 nitrogen and oxygen atoms in total. The predicted molar refractivity (Wildman–Crippen MR) is 47.4 cm³/mol. The lowest BCUT2D eigenvalue weighted by molar-refractivity contribution is 1.14. The second kappa shape index (κ2) is 3.08. The molecule has 1 heterocycles. The summed E-state index contributed by atoms with van der Waals surface area (Å²) in [6.45, 7) is 3.80. The van der Waals surface area contributed by atoms with E-state index in [1.54, 1.807) is 0 Å². The van der Waals surface area contributed by atoms with Gasteiger partial charge in [0.05, 0.1) is 9.21 Å². The van der Waals surface area contributed by atoms with Gasteiger partial charge in [0, 0.05) is 12.7 Å². The maximum atomic E-state index is 5.71. The number of rotatable bonds is 2. The topological polar surface area (TPSA) is 12.0 Å². The van der Waals surface area contributed by atoms with Crippen LogP contribution in [0.3, 0.4) is 0 Å². The largest absolute Gasteiger partial charge is 0.387 e. The molecule has 0 saturated carbocycles. The van der Waals surface area contributed by atoms with Gasteiger partial charge >= 0.3 is 0 Å². The molecule has 1 rings (SSSR count). The molecule has 1 aromatic rings. The average Bonchev–Trinajstić information content (AvgIpc) is 2.34. The van der Waals surface area contributed by atoms with Crippen molar-refractivity contribution in [2.24, 2.45) is 0 Å². The second-order valence-electron chi connectivity index (χ2n) is 1.83. The molecule has 0 radical (unpaired) electrons. The van der Waals surface area contributed by atoms with Crippen LogP contribution in [0.25, 0.3) is 5.70 Å². The van der Waals surface area contributed by atoms with Crippen LogP contribution < -0.4 is 5.32 Å². The smallest absolute Gasteiger partial charge is 0.0935 e.